The summed E-state index contributed by atoms with van der Waals surface area (Å²) in [5, 5.41) is 2.83. The van der Waals surface area contributed by atoms with E-state index in [0.29, 0.717) is 22.3 Å². The summed E-state index contributed by atoms with van der Waals surface area (Å²) in [5.41, 5.74) is 1.34. The molecular weight excluding hydrogens is 301 g/mol. The summed E-state index contributed by atoms with van der Waals surface area (Å²) >= 11 is 3.11. The topological polar surface area (TPSA) is 38.3 Å². The van der Waals surface area contributed by atoms with E-state index < -0.39 is 0 Å². The maximum absolute atomic E-state index is 13.3. The van der Waals surface area contributed by atoms with Crippen molar-refractivity contribution in [2.45, 2.75) is 26.4 Å². The molecule has 0 spiro atoms. The van der Waals surface area contributed by atoms with Crippen LogP contribution in [0.1, 0.15) is 18.9 Å². The Labute approximate surface area is 114 Å². The highest BCUT2D eigenvalue weighted by molar-refractivity contribution is 9.10. The lowest BCUT2D eigenvalue weighted by atomic mass is 10.1. The molecule has 2 atom stereocenters. The largest absolute Gasteiger partial charge is 0.378 e. The van der Waals surface area contributed by atoms with Crippen LogP contribution >= 0.6 is 15.9 Å². The van der Waals surface area contributed by atoms with Crippen molar-refractivity contribution in [3.05, 3.63) is 28.0 Å². The highest BCUT2D eigenvalue weighted by Crippen LogP contribution is 2.26. The molecule has 5 heteroatoms. The summed E-state index contributed by atoms with van der Waals surface area (Å²) in [7, 11) is 0. The van der Waals surface area contributed by atoms with E-state index in [9.17, 15) is 9.18 Å². The minimum absolute atomic E-state index is 0.0686. The third kappa shape index (κ3) is 2.90. The normalized spacial score (nSPS) is 23.1. The maximum Gasteiger partial charge on any atom is 0.229 e. The zero-order valence-electron chi connectivity index (χ0n) is 10.3. The lowest BCUT2D eigenvalue weighted by molar-refractivity contribution is -0.119. The lowest BCUT2D eigenvalue weighted by Gasteiger charge is -2.12. The molecule has 0 saturated carbocycles. The van der Waals surface area contributed by atoms with Gasteiger partial charge in [-0.3, -0.25) is 4.79 Å². The number of amides is 1. The van der Waals surface area contributed by atoms with Crippen LogP contribution in [-0.2, 0) is 9.53 Å². The van der Waals surface area contributed by atoms with Crippen molar-refractivity contribution in [1.82, 2.24) is 0 Å². The number of rotatable bonds is 2. The minimum Gasteiger partial charge on any atom is -0.378 e. The van der Waals surface area contributed by atoms with Crippen LogP contribution < -0.4 is 5.32 Å². The van der Waals surface area contributed by atoms with Crippen molar-refractivity contribution in [2.24, 2.45) is 5.92 Å². The fourth-order valence-corrected chi connectivity index (χ4v) is 2.36. The summed E-state index contributed by atoms with van der Waals surface area (Å²) in [4.78, 5) is 12.0. The van der Waals surface area contributed by atoms with E-state index in [4.69, 9.17) is 4.74 Å². The quantitative estimate of drug-likeness (QED) is 0.909. The van der Waals surface area contributed by atoms with E-state index in [1.807, 2.05) is 6.92 Å². The van der Waals surface area contributed by atoms with Crippen LogP contribution in [0.3, 0.4) is 0 Å². The molecule has 1 heterocycles. The smallest absolute Gasteiger partial charge is 0.229 e. The van der Waals surface area contributed by atoms with E-state index in [1.54, 1.807) is 13.0 Å². The number of hydrogen-bond donors (Lipinski definition) is 1. The Morgan fingerprint density at radius 2 is 2.28 bits per heavy atom. The van der Waals surface area contributed by atoms with E-state index in [2.05, 4.69) is 21.2 Å². The zero-order chi connectivity index (χ0) is 13.3. The molecule has 0 aromatic heterocycles. The van der Waals surface area contributed by atoms with Crippen molar-refractivity contribution in [2.75, 3.05) is 11.9 Å². The molecule has 98 valence electrons. The summed E-state index contributed by atoms with van der Waals surface area (Å²) in [5.74, 6) is -0.521. The summed E-state index contributed by atoms with van der Waals surface area (Å²) < 4.78 is 19.0. The average molecular weight is 316 g/mol. The van der Waals surface area contributed by atoms with Gasteiger partial charge in [-0.25, -0.2) is 4.39 Å². The second kappa shape index (κ2) is 5.36. The van der Waals surface area contributed by atoms with Gasteiger partial charge in [-0.1, -0.05) is 0 Å². The van der Waals surface area contributed by atoms with Crippen molar-refractivity contribution in [3.8, 4) is 0 Å². The van der Waals surface area contributed by atoms with Crippen molar-refractivity contribution in [3.63, 3.8) is 0 Å². The number of ether oxygens (including phenoxy) is 1. The number of anilines is 1. The van der Waals surface area contributed by atoms with Crippen LogP contribution in [0.25, 0.3) is 0 Å². The molecular formula is C13H15BrFNO2. The van der Waals surface area contributed by atoms with Gasteiger partial charge in [0.05, 0.1) is 23.1 Å². The first kappa shape index (κ1) is 13.5. The van der Waals surface area contributed by atoms with Crippen LogP contribution in [0.15, 0.2) is 16.6 Å². The number of carbonyl (C=O) groups excluding carboxylic acids is 1. The summed E-state index contributed by atoms with van der Waals surface area (Å²) in [6.07, 6.45) is 0.856. The third-order valence-corrected chi connectivity index (χ3v) is 3.70. The summed E-state index contributed by atoms with van der Waals surface area (Å²) in [6, 6.07) is 2.98. The maximum atomic E-state index is 13.3. The molecule has 1 aromatic carbocycles. The molecule has 0 aliphatic carbocycles. The van der Waals surface area contributed by atoms with E-state index >= 15 is 0 Å². The van der Waals surface area contributed by atoms with Gasteiger partial charge in [0.2, 0.25) is 5.91 Å². The zero-order valence-corrected chi connectivity index (χ0v) is 11.9. The molecule has 0 radical (unpaired) electrons. The molecule has 1 aliphatic rings. The fraction of sp³-hybridized carbons (Fsp3) is 0.462. The predicted octanol–water partition coefficient (Wildman–Crippen LogP) is 3.26. The van der Waals surface area contributed by atoms with Gasteiger partial charge in [0.1, 0.15) is 5.82 Å². The van der Waals surface area contributed by atoms with Gasteiger partial charge < -0.3 is 10.1 Å². The minimum atomic E-state index is -0.330. The van der Waals surface area contributed by atoms with Gasteiger partial charge in [-0.2, -0.15) is 0 Å². The molecule has 0 bridgehead atoms. The second-order valence-corrected chi connectivity index (χ2v) is 5.50. The Bertz CT molecular complexity index is 478. The molecule has 2 unspecified atom stereocenters. The van der Waals surface area contributed by atoms with Gasteiger partial charge in [0.25, 0.3) is 0 Å². The van der Waals surface area contributed by atoms with Crippen LogP contribution in [-0.4, -0.2) is 18.6 Å². The highest BCUT2D eigenvalue weighted by Gasteiger charge is 2.28. The Morgan fingerprint density at radius 1 is 1.56 bits per heavy atom. The molecule has 1 amide bonds. The molecule has 1 saturated heterocycles. The van der Waals surface area contributed by atoms with E-state index in [-0.39, 0.29) is 23.7 Å². The molecule has 1 aromatic rings. The Hall–Kier alpha value is -0.940. The van der Waals surface area contributed by atoms with Crippen LogP contribution in [0, 0.1) is 18.7 Å². The highest BCUT2D eigenvalue weighted by atomic mass is 79.9. The standard InChI is InChI=1S/C13H15BrFNO2/c1-7-3-11(15)10(14)5-12(7)16-13(17)9-4-8(2)18-6-9/h3,5,8-9H,4,6H2,1-2H3,(H,16,17). The van der Waals surface area contributed by atoms with Crippen LogP contribution in [0.2, 0.25) is 0 Å². The molecule has 1 N–H and O–H groups in total. The first-order valence-corrected chi connectivity index (χ1v) is 6.64. The van der Waals surface area contributed by atoms with Gasteiger partial charge in [-0.05, 0) is 53.9 Å². The van der Waals surface area contributed by atoms with Crippen molar-refractivity contribution < 1.29 is 13.9 Å². The van der Waals surface area contributed by atoms with Gasteiger partial charge in [0.15, 0.2) is 0 Å². The van der Waals surface area contributed by atoms with Crippen LogP contribution in [0.5, 0.6) is 0 Å². The average Bonchev–Trinajstić information content (AvgIpc) is 2.73. The molecule has 1 fully saturated rings. The third-order valence-electron chi connectivity index (χ3n) is 3.09. The van der Waals surface area contributed by atoms with Gasteiger partial charge in [-0.15, -0.1) is 0 Å². The predicted molar refractivity (Wildman–Crippen MR) is 71.0 cm³/mol. The Balaban J connectivity index is 2.09. The van der Waals surface area contributed by atoms with Gasteiger partial charge >= 0.3 is 0 Å². The first-order chi connectivity index (χ1) is 8.47. The first-order valence-electron chi connectivity index (χ1n) is 5.85. The molecule has 3 nitrogen and oxygen atoms in total. The number of hydrogen-bond acceptors (Lipinski definition) is 2. The summed E-state index contributed by atoms with van der Waals surface area (Å²) in [6.45, 7) is 4.17. The number of benzene rings is 1. The Kier molecular flexibility index (Phi) is 4.02. The fourth-order valence-electron chi connectivity index (χ4n) is 2.02. The number of nitrogens with one attached hydrogen (secondary N) is 1. The monoisotopic (exact) mass is 315 g/mol. The SMILES string of the molecule is Cc1cc(F)c(Br)cc1NC(=O)C1COC(C)C1. The lowest BCUT2D eigenvalue weighted by Crippen LogP contribution is -2.23. The van der Waals surface area contributed by atoms with Crippen LogP contribution in [0.4, 0.5) is 10.1 Å². The molecule has 1 aliphatic heterocycles. The Morgan fingerprint density at radius 3 is 2.89 bits per heavy atom. The molecule has 2 rings (SSSR count). The van der Waals surface area contributed by atoms with E-state index in [0.717, 1.165) is 6.42 Å². The van der Waals surface area contributed by atoms with Crippen molar-refractivity contribution in [1.29, 1.82) is 0 Å². The van der Waals surface area contributed by atoms with E-state index in [1.165, 1.54) is 6.07 Å². The van der Waals surface area contributed by atoms with Gasteiger partial charge in [0, 0.05) is 5.69 Å². The molecule has 18 heavy (non-hydrogen) atoms. The number of aryl methyl sites for hydroxylation is 1. The van der Waals surface area contributed by atoms with Crippen molar-refractivity contribution >= 4 is 27.5 Å². The second-order valence-electron chi connectivity index (χ2n) is 4.65. The number of carbonyl (C=O) groups is 1. The number of halogens is 2.